The predicted octanol–water partition coefficient (Wildman–Crippen LogP) is 2.28. The van der Waals surface area contributed by atoms with Crippen LogP contribution in [0.3, 0.4) is 0 Å². The highest BCUT2D eigenvalue weighted by Crippen LogP contribution is 2.19. The van der Waals surface area contributed by atoms with Gasteiger partial charge in [0.05, 0.1) is 5.56 Å². The number of nitrogens with two attached hydrogens (primary N) is 1. The lowest BCUT2D eigenvalue weighted by Gasteiger charge is -2.10. The second-order valence-corrected chi connectivity index (χ2v) is 4.26. The number of anilines is 2. The molecule has 0 fully saturated rings. The fourth-order valence-corrected chi connectivity index (χ4v) is 1.75. The molecule has 0 aliphatic carbocycles. The Balaban J connectivity index is 2.11. The molecule has 5 nitrogen and oxygen atoms in total. The molecule has 0 spiro atoms. The molecule has 0 saturated carbocycles. The molecule has 1 aromatic carbocycles. The Kier molecular flexibility index (Phi) is 3.66. The van der Waals surface area contributed by atoms with Gasteiger partial charge in [-0.2, -0.15) is 0 Å². The van der Waals surface area contributed by atoms with Gasteiger partial charge in [-0.25, -0.2) is 4.79 Å². The molecule has 0 aliphatic heterocycles. The molecule has 4 N–H and O–H groups in total. The number of nitrogens with zero attached hydrogens (tertiary/aromatic N) is 1. The van der Waals surface area contributed by atoms with E-state index in [1.807, 2.05) is 13.0 Å². The summed E-state index contributed by atoms with van der Waals surface area (Å²) in [4.78, 5) is 14.9. The van der Waals surface area contributed by atoms with Crippen LogP contribution in [0, 0.1) is 6.92 Å². The van der Waals surface area contributed by atoms with Gasteiger partial charge in [0.1, 0.15) is 0 Å². The van der Waals surface area contributed by atoms with E-state index in [0.29, 0.717) is 6.54 Å². The Bertz CT molecular complexity index is 611. The predicted molar refractivity (Wildman–Crippen MR) is 74.1 cm³/mol. The van der Waals surface area contributed by atoms with Gasteiger partial charge in [-0.05, 0) is 42.3 Å². The summed E-state index contributed by atoms with van der Waals surface area (Å²) in [6.07, 6.45) is 3.55. The van der Waals surface area contributed by atoms with Crippen LogP contribution in [0.2, 0.25) is 0 Å². The quantitative estimate of drug-likeness (QED) is 0.731. The Morgan fingerprint density at radius 3 is 2.84 bits per heavy atom. The van der Waals surface area contributed by atoms with E-state index >= 15 is 0 Å². The molecule has 19 heavy (non-hydrogen) atoms. The van der Waals surface area contributed by atoms with E-state index < -0.39 is 5.97 Å². The van der Waals surface area contributed by atoms with Gasteiger partial charge in [0.2, 0.25) is 0 Å². The number of hydrogen-bond donors (Lipinski definition) is 3. The molecule has 5 heteroatoms. The molecule has 2 aromatic rings. The van der Waals surface area contributed by atoms with Crippen LogP contribution in [0.4, 0.5) is 11.4 Å². The van der Waals surface area contributed by atoms with Gasteiger partial charge in [-0.1, -0.05) is 0 Å². The number of aromatic nitrogens is 1. The van der Waals surface area contributed by atoms with Crippen LogP contribution in [-0.2, 0) is 6.54 Å². The fourth-order valence-electron chi connectivity index (χ4n) is 1.75. The first-order valence-electron chi connectivity index (χ1n) is 5.84. The van der Waals surface area contributed by atoms with Crippen molar-refractivity contribution in [2.24, 2.45) is 0 Å². The number of benzene rings is 1. The van der Waals surface area contributed by atoms with Crippen molar-refractivity contribution >= 4 is 17.3 Å². The topological polar surface area (TPSA) is 88.2 Å². The number of pyridine rings is 1. The van der Waals surface area contributed by atoms with Crippen LogP contribution < -0.4 is 11.1 Å². The summed E-state index contributed by atoms with van der Waals surface area (Å²) in [6, 6.07) is 6.76. The molecular weight excluding hydrogens is 242 g/mol. The SMILES string of the molecule is Cc1ccncc1CNc1ccc(C(=O)O)c(N)c1. The lowest BCUT2D eigenvalue weighted by Crippen LogP contribution is -2.05. The minimum absolute atomic E-state index is 0.114. The summed E-state index contributed by atoms with van der Waals surface area (Å²) in [5, 5.41) is 12.1. The lowest BCUT2D eigenvalue weighted by molar-refractivity contribution is 0.0698. The highest BCUT2D eigenvalue weighted by atomic mass is 16.4. The van der Waals surface area contributed by atoms with Crippen LogP contribution >= 0.6 is 0 Å². The molecule has 1 heterocycles. The largest absolute Gasteiger partial charge is 0.478 e. The number of nitrogens with one attached hydrogen (secondary N) is 1. The van der Waals surface area contributed by atoms with Crippen molar-refractivity contribution in [3.8, 4) is 0 Å². The normalized spacial score (nSPS) is 10.2. The number of carboxylic acid groups (broad SMARTS) is 1. The third-order valence-corrected chi connectivity index (χ3v) is 2.91. The van der Waals surface area contributed by atoms with E-state index in [2.05, 4.69) is 10.3 Å². The molecule has 0 unspecified atom stereocenters. The smallest absolute Gasteiger partial charge is 0.337 e. The Morgan fingerprint density at radius 1 is 1.42 bits per heavy atom. The van der Waals surface area contributed by atoms with Gasteiger partial charge >= 0.3 is 5.97 Å². The fraction of sp³-hybridized carbons (Fsp3) is 0.143. The van der Waals surface area contributed by atoms with Crippen molar-refractivity contribution in [2.45, 2.75) is 13.5 Å². The van der Waals surface area contributed by atoms with Gasteiger partial charge < -0.3 is 16.2 Å². The molecule has 0 atom stereocenters. The molecule has 0 radical (unpaired) electrons. The maximum Gasteiger partial charge on any atom is 0.337 e. The van der Waals surface area contributed by atoms with E-state index in [4.69, 9.17) is 10.8 Å². The van der Waals surface area contributed by atoms with Crippen molar-refractivity contribution in [2.75, 3.05) is 11.1 Å². The first kappa shape index (κ1) is 12.9. The number of aromatic carboxylic acids is 1. The minimum atomic E-state index is -1.02. The molecule has 2 rings (SSSR count). The summed E-state index contributed by atoms with van der Waals surface area (Å²) in [6.45, 7) is 2.63. The van der Waals surface area contributed by atoms with Gasteiger partial charge in [0.15, 0.2) is 0 Å². The summed E-state index contributed by atoms with van der Waals surface area (Å²) in [5.41, 5.74) is 9.07. The monoisotopic (exact) mass is 257 g/mol. The number of hydrogen-bond acceptors (Lipinski definition) is 4. The molecule has 98 valence electrons. The first-order chi connectivity index (χ1) is 9.08. The number of aryl methyl sites for hydroxylation is 1. The van der Waals surface area contributed by atoms with Crippen LogP contribution in [0.25, 0.3) is 0 Å². The number of rotatable bonds is 4. The zero-order valence-corrected chi connectivity index (χ0v) is 10.6. The van der Waals surface area contributed by atoms with Gasteiger partial charge in [-0.15, -0.1) is 0 Å². The van der Waals surface area contributed by atoms with Crippen LogP contribution in [-0.4, -0.2) is 16.1 Å². The molecule has 0 bridgehead atoms. The maximum absolute atomic E-state index is 10.8. The van der Waals surface area contributed by atoms with Gasteiger partial charge in [0.25, 0.3) is 0 Å². The van der Waals surface area contributed by atoms with Crippen molar-refractivity contribution in [3.05, 3.63) is 53.3 Å². The highest BCUT2D eigenvalue weighted by Gasteiger charge is 2.07. The zero-order valence-electron chi connectivity index (χ0n) is 10.6. The summed E-state index contributed by atoms with van der Waals surface area (Å²) in [7, 11) is 0. The van der Waals surface area contributed by atoms with E-state index in [1.54, 1.807) is 24.5 Å². The van der Waals surface area contributed by atoms with Crippen molar-refractivity contribution in [1.29, 1.82) is 0 Å². The van der Waals surface area contributed by atoms with E-state index in [9.17, 15) is 4.79 Å². The van der Waals surface area contributed by atoms with Gasteiger partial charge in [0, 0.05) is 30.3 Å². The summed E-state index contributed by atoms with van der Waals surface area (Å²) in [5.74, 6) is -1.02. The van der Waals surface area contributed by atoms with Crippen molar-refractivity contribution in [1.82, 2.24) is 4.98 Å². The number of nitrogen functional groups attached to an aromatic ring is 1. The third-order valence-electron chi connectivity index (χ3n) is 2.91. The van der Waals surface area contributed by atoms with E-state index in [1.165, 1.54) is 6.07 Å². The van der Waals surface area contributed by atoms with Crippen LogP contribution in [0.1, 0.15) is 21.5 Å². The third kappa shape index (κ3) is 3.01. The lowest BCUT2D eigenvalue weighted by atomic mass is 10.1. The maximum atomic E-state index is 10.8. The summed E-state index contributed by atoms with van der Waals surface area (Å²) < 4.78 is 0. The molecule has 0 amide bonds. The first-order valence-corrected chi connectivity index (χ1v) is 5.84. The Hall–Kier alpha value is -2.56. The van der Waals surface area contributed by atoms with E-state index in [-0.39, 0.29) is 11.3 Å². The summed E-state index contributed by atoms with van der Waals surface area (Å²) >= 11 is 0. The Labute approximate surface area is 111 Å². The van der Waals surface area contributed by atoms with Crippen molar-refractivity contribution in [3.63, 3.8) is 0 Å². The number of carbonyl (C=O) groups is 1. The zero-order chi connectivity index (χ0) is 13.8. The molecule has 0 aliphatic rings. The standard InChI is InChI=1S/C14H15N3O2/c1-9-4-5-16-7-10(9)8-17-11-2-3-12(14(18)19)13(15)6-11/h2-7,17H,8,15H2,1H3,(H,18,19). The highest BCUT2D eigenvalue weighted by molar-refractivity contribution is 5.94. The average molecular weight is 257 g/mol. The minimum Gasteiger partial charge on any atom is -0.478 e. The van der Waals surface area contributed by atoms with E-state index in [0.717, 1.165) is 16.8 Å². The Morgan fingerprint density at radius 2 is 2.21 bits per heavy atom. The van der Waals surface area contributed by atoms with Crippen LogP contribution in [0.5, 0.6) is 0 Å². The average Bonchev–Trinajstić information content (AvgIpc) is 2.37. The second-order valence-electron chi connectivity index (χ2n) is 4.26. The molecular formula is C14H15N3O2. The molecule has 1 aromatic heterocycles. The second kappa shape index (κ2) is 5.39. The molecule has 0 saturated heterocycles. The van der Waals surface area contributed by atoms with Crippen molar-refractivity contribution < 1.29 is 9.90 Å². The van der Waals surface area contributed by atoms with Gasteiger partial charge in [-0.3, -0.25) is 4.98 Å². The number of carboxylic acids is 1. The van der Waals surface area contributed by atoms with Crippen LogP contribution in [0.15, 0.2) is 36.7 Å².